The van der Waals surface area contributed by atoms with E-state index in [9.17, 15) is 9.90 Å². The van der Waals surface area contributed by atoms with Gasteiger partial charge in [0.1, 0.15) is 11.3 Å². The smallest absolute Gasteiger partial charge is 0.323 e. The molecule has 1 atom stereocenters. The zero-order valence-corrected chi connectivity index (χ0v) is 12.6. The van der Waals surface area contributed by atoms with E-state index in [1.54, 1.807) is 6.92 Å². The predicted molar refractivity (Wildman–Crippen MR) is 80.0 cm³/mol. The van der Waals surface area contributed by atoms with Crippen molar-refractivity contribution in [1.29, 1.82) is 0 Å². The Morgan fingerprint density at radius 1 is 1.35 bits per heavy atom. The van der Waals surface area contributed by atoms with Gasteiger partial charge in [0.15, 0.2) is 0 Å². The van der Waals surface area contributed by atoms with Crippen molar-refractivity contribution in [2.75, 3.05) is 6.61 Å². The van der Waals surface area contributed by atoms with Crippen molar-refractivity contribution in [3.05, 3.63) is 29.8 Å². The molecule has 0 aliphatic carbocycles. The maximum atomic E-state index is 11.4. The molecule has 0 aliphatic heterocycles. The highest BCUT2D eigenvalue weighted by Crippen LogP contribution is 2.17. The summed E-state index contributed by atoms with van der Waals surface area (Å²) in [6.45, 7) is 7.00. The van der Waals surface area contributed by atoms with Crippen LogP contribution in [0.1, 0.15) is 45.6 Å². The van der Waals surface area contributed by atoms with Crippen LogP contribution < -0.4 is 10.1 Å². The first kappa shape index (κ1) is 16.5. The molecule has 0 aliphatic rings. The van der Waals surface area contributed by atoms with Gasteiger partial charge in [-0.05, 0) is 37.5 Å². The average molecular weight is 279 g/mol. The lowest BCUT2D eigenvalue weighted by Gasteiger charge is -2.26. The van der Waals surface area contributed by atoms with Crippen LogP contribution in [0.25, 0.3) is 0 Å². The van der Waals surface area contributed by atoms with Crippen LogP contribution in [-0.2, 0) is 11.3 Å². The van der Waals surface area contributed by atoms with Crippen molar-refractivity contribution in [3.8, 4) is 5.75 Å². The number of carboxylic acid groups (broad SMARTS) is 1. The van der Waals surface area contributed by atoms with Crippen LogP contribution in [0.4, 0.5) is 0 Å². The van der Waals surface area contributed by atoms with Gasteiger partial charge in [0.25, 0.3) is 0 Å². The molecule has 4 nitrogen and oxygen atoms in total. The van der Waals surface area contributed by atoms with Gasteiger partial charge < -0.3 is 9.84 Å². The normalized spacial score (nSPS) is 13.8. The van der Waals surface area contributed by atoms with E-state index in [0.717, 1.165) is 24.2 Å². The Balaban J connectivity index is 2.66. The molecular weight excluding hydrogens is 254 g/mol. The van der Waals surface area contributed by atoms with Gasteiger partial charge in [-0.2, -0.15) is 0 Å². The fraction of sp³-hybridized carbons (Fsp3) is 0.562. The van der Waals surface area contributed by atoms with Gasteiger partial charge in [-0.1, -0.05) is 32.4 Å². The molecule has 0 heterocycles. The Morgan fingerprint density at radius 2 is 2.10 bits per heavy atom. The summed E-state index contributed by atoms with van der Waals surface area (Å²) in [6, 6.07) is 7.78. The predicted octanol–water partition coefficient (Wildman–Crippen LogP) is 3.21. The first-order valence-electron chi connectivity index (χ1n) is 7.22. The maximum absolute atomic E-state index is 11.4. The van der Waals surface area contributed by atoms with Crippen LogP contribution in [0.5, 0.6) is 5.75 Å². The summed E-state index contributed by atoms with van der Waals surface area (Å²) in [5.74, 6) is 0.0245. The van der Waals surface area contributed by atoms with Gasteiger partial charge in [-0.15, -0.1) is 0 Å². The first-order valence-corrected chi connectivity index (χ1v) is 7.22. The number of carboxylic acids is 1. The van der Waals surface area contributed by atoms with Gasteiger partial charge in [0, 0.05) is 6.54 Å². The number of rotatable bonds is 9. The first-order chi connectivity index (χ1) is 9.51. The maximum Gasteiger partial charge on any atom is 0.323 e. The SMILES string of the molecule is CCCOc1cccc(CNC(C)(CCC)C(=O)O)c1. The second-order valence-electron chi connectivity index (χ2n) is 5.24. The highest BCUT2D eigenvalue weighted by Gasteiger charge is 2.31. The Bertz CT molecular complexity index is 433. The van der Waals surface area contributed by atoms with E-state index in [2.05, 4.69) is 12.2 Å². The molecule has 1 aromatic carbocycles. The number of aliphatic carboxylic acids is 1. The third kappa shape index (κ3) is 4.85. The molecule has 0 aromatic heterocycles. The molecule has 0 saturated heterocycles. The molecule has 20 heavy (non-hydrogen) atoms. The molecule has 1 aromatic rings. The summed E-state index contributed by atoms with van der Waals surface area (Å²) in [5.41, 5.74) is 0.150. The lowest BCUT2D eigenvalue weighted by molar-refractivity contribution is -0.144. The van der Waals surface area contributed by atoms with Crippen LogP contribution in [0, 0.1) is 0 Å². The molecule has 1 unspecified atom stereocenters. The Kier molecular flexibility index (Phi) is 6.52. The van der Waals surface area contributed by atoms with Gasteiger partial charge in [0.05, 0.1) is 6.61 Å². The average Bonchev–Trinajstić information content (AvgIpc) is 2.43. The molecule has 0 fully saturated rings. The third-order valence-electron chi connectivity index (χ3n) is 3.28. The van der Waals surface area contributed by atoms with Gasteiger partial charge in [0.2, 0.25) is 0 Å². The quantitative estimate of drug-likeness (QED) is 0.728. The van der Waals surface area contributed by atoms with Gasteiger partial charge >= 0.3 is 5.97 Å². The molecule has 0 saturated carbocycles. The monoisotopic (exact) mass is 279 g/mol. The minimum atomic E-state index is -0.880. The highest BCUT2D eigenvalue weighted by molar-refractivity contribution is 5.78. The number of ether oxygens (including phenoxy) is 1. The summed E-state index contributed by atoms with van der Waals surface area (Å²) in [6.07, 6.45) is 2.40. The summed E-state index contributed by atoms with van der Waals surface area (Å²) in [7, 11) is 0. The van der Waals surface area contributed by atoms with Crippen molar-refractivity contribution in [1.82, 2.24) is 5.32 Å². The van der Waals surface area contributed by atoms with E-state index in [0.29, 0.717) is 19.6 Å². The topological polar surface area (TPSA) is 58.6 Å². The number of hydrogen-bond acceptors (Lipinski definition) is 3. The third-order valence-corrected chi connectivity index (χ3v) is 3.28. The summed E-state index contributed by atoms with van der Waals surface area (Å²) >= 11 is 0. The van der Waals surface area contributed by atoms with Crippen LogP contribution in [-0.4, -0.2) is 23.2 Å². The molecule has 0 radical (unpaired) electrons. The molecule has 4 heteroatoms. The lowest BCUT2D eigenvalue weighted by atomic mass is 9.96. The number of carbonyl (C=O) groups is 1. The Hall–Kier alpha value is -1.55. The van der Waals surface area contributed by atoms with Crippen molar-refractivity contribution >= 4 is 5.97 Å². The molecule has 2 N–H and O–H groups in total. The van der Waals surface area contributed by atoms with Crippen molar-refractivity contribution in [2.45, 2.75) is 52.1 Å². The zero-order chi connectivity index (χ0) is 15.0. The fourth-order valence-corrected chi connectivity index (χ4v) is 2.03. The van der Waals surface area contributed by atoms with Gasteiger partial charge in [-0.3, -0.25) is 10.1 Å². The van der Waals surface area contributed by atoms with Crippen LogP contribution in [0.2, 0.25) is 0 Å². The van der Waals surface area contributed by atoms with Gasteiger partial charge in [-0.25, -0.2) is 0 Å². The highest BCUT2D eigenvalue weighted by atomic mass is 16.5. The Morgan fingerprint density at radius 3 is 2.70 bits per heavy atom. The lowest BCUT2D eigenvalue weighted by Crippen LogP contribution is -2.48. The van der Waals surface area contributed by atoms with E-state index in [-0.39, 0.29) is 0 Å². The standard InChI is InChI=1S/C16H25NO3/c1-4-9-16(3,15(18)19)17-12-13-7-6-8-14(11-13)20-10-5-2/h6-8,11,17H,4-5,9-10,12H2,1-3H3,(H,18,19). The van der Waals surface area contributed by atoms with E-state index < -0.39 is 11.5 Å². The fourth-order valence-electron chi connectivity index (χ4n) is 2.03. The summed E-state index contributed by atoms with van der Waals surface area (Å²) in [4.78, 5) is 11.4. The van der Waals surface area contributed by atoms with E-state index in [4.69, 9.17) is 4.74 Å². The van der Waals surface area contributed by atoms with E-state index >= 15 is 0 Å². The van der Waals surface area contributed by atoms with E-state index in [1.807, 2.05) is 31.2 Å². The minimum absolute atomic E-state index is 0.520. The summed E-state index contributed by atoms with van der Waals surface area (Å²) in [5, 5.41) is 12.5. The zero-order valence-electron chi connectivity index (χ0n) is 12.6. The van der Waals surface area contributed by atoms with Crippen molar-refractivity contribution in [2.24, 2.45) is 0 Å². The van der Waals surface area contributed by atoms with E-state index in [1.165, 1.54) is 0 Å². The molecule has 1 rings (SSSR count). The molecule has 0 amide bonds. The molecular formula is C16H25NO3. The summed E-state index contributed by atoms with van der Waals surface area (Å²) < 4.78 is 5.58. The second-order valence-corrected chi connectivity index (χ2v) is 5.24. The number of hydrogen-bond donors (Lipinski definition) is 2. The molecule has 0 bridgehead atoms. The number of nitrogens with one attached hydrogen (secondary N) is 1. The molecule has 112 valence electrons. The Labute approximate surface area is 121 Å². The largest absolute Gasteiger partial charge is 0.494 e. The van der Waals surface area contributed by atoms with Crippen LogP contribution >= 0.6 is 0 Å². The molecule has 0 spiro atoms. The minimum Gasteiger partial charge on any atom is -0.494 e. The van der Waals surface area contributed by atoms with Crippen LogP contribution in [0.15, 0.2) is 24.3 Å². The second kappa shape index (κ2) is 7.90. The number of benzene rings is 1. The van der Waals surface area contributed by atoms with Crippen molar-refractivity contribution in [3.63, 3.8) is 0 Å². The van der Waals surface area contributed by atoms with Crippen LogP contribution in [0.3, 0.4) is 0 Å². The van der Waals surface area contributed by atoms with Crippen molar-refractivity contribution < 1.29 is 14.6 Å².